The van der Waals surface area contributed by atoms with Crippen LogP contribution >= 0.6 is 0 Å². The first kappa shape index (κ1) is 28.9. The van der Waals surface area contributed by atoms with Crippen molar-refractivity contribution in [1.29, 1.82) is 0 Å². The van der Waals surface area contributed by atoms with Gasteiger partial charge in [-0.2, -0.15) is 8.78 Å². The lowest BCUT2D eigenvalue weighted by atomic mass is 9.97. The average Bonchev–Trinajstić information content (AvgIpc) is 3.21. The summed E-state index contributed by atoms with van der Waals surface area (Å²) in [4.78, 5) is 20.4. The number of anilines is 1. The van der Waals surface area contributed by atoms with Crippen molar-refractivity contribution in [3.8, 4) is 0 Å². The Balaban J connectivity index is 1.68. The van der Waals surface area contributed by atoms with E-state index in [4.69, 9.17) is 4.74 Å². The summed E-state index contributed by atoms with van der Waals surface area (Å²) in [5.74, 6) is -3.18. The average molecular weight is 549 g/mol. The molecule has 8 nitrogen and oxygen atoms in total. The number of nitrogens with zero attached hydrogens (tertiary/aromatic N) is 3. The monoisotopic (exact) mass is 548 g/mol. The van der Waals surface area contributed by atoms with Crippen molar-refractivity contribution < 1.29 is 35.5 Å². The summed E-state index contributed by atoms with van der Waals surface area (Å²) < 4.78 is 83.5. The van der Waals surface area contributed by atoms with Gasteiger partial charge in [-0.25, -0.2) is 22.2 Å². The van der Waals surface area contributed by atoms with Gasteiger partial charge in [0.1, 0.15) is 17.4 Å². The molecule has 0 aromatic heterocycles. The standard InChI is InChI=1S/C24H32F4N4O4S/c1-5-24(6-2,30-22(36-3)21(27)28)31-10-7-15(8-11-31)32-12-9-19(23(32)33)29-20-17(25)13-16(14-18(20)26)37(4,34)35/h5,13-15,19,21,29H,1,6-12H2,2-4H3/b30-22-/t19-,24?/m0/s1. The zero-order valence-corrected chi connectivity index (χ0v) is 21.8. The molecule has 1 amide bonds. The van der Waals surface area contributed by atoms with Gasteiger partial charge in [-0.05, 0) is 43.9 Å². The number of aliphatic imine (C=N–C) groups is 1. The minimum absolute atomic E-state index is 0.141. The van der Waals surface area contributed by atoms with Crippen molar-refractivity contribution in [2.24, 2.45) is 4.99 Å². The summed E-state index contributed by atoms with van der Waals surface area (Å²) in [6, 6.07) is 0.435. The predicted molar refractivity (Wildman–Crippen MR) is 131 cm³/mol. The van der Waals surface area contributed by atoms with Gasteiger partial charge < -0.3 is 15.0 Å². The SMILES string of the molecule is C=CC(CC)(/N=C(\OC)C(F)F)N1CCC(N2CC[C@H](Nc3c(F)cc(S(C)(=O)=O)cc3F)C2=O)CC1. The molecule has 2 aliphatic heterocycles. The molecule has 13 heteroatoms. The molecule has 37 heavy (non-hydrogen) atoms. The number of halogens is 4. The van der Waals surface area contributed by atoms with Crippen LogP contribution in [-0.2, 0) is 19.4 Å². The van der Waals surface area contributed by atoms with Crippen LogP contribution < -0.4 is 5.32 Å². The van der Waals surface area contributed by atoms with E-state index in [1.54, 1.807) is 4.90 Å². The van der Waals surface area contributed by atoms with Crippen LogP contribution in [0.25, 0.3) is 0 Å². The van der Waals surface area contributed by atoms with Crippen molar-refractivity contribution in [2.45, 2.75) is 61.7 Å². The molecule has 2 fully saturated rings. The van der Waals surface area contributed by atoms with Crippen LogP contribution in [0.1, 0.15) is 32.6 Å². The van der Waals surface area contributed by atoms with Gasteiger partial charge in [0.2, 0.25) is 5.91 Å². The van der Waals surface area contributed by atoms with E-state index < -0.39 is 56.1 Å². The van der Waals surface area contributed by atoms with Crippen LogP contribution in [0.3, 0.4) is 0 Å². The molecule has 0 spiro atoms. The van der Waals surface area contributed by atoms with E-state index in [0.29, 0.717) is 45.3 Å². The highest BCUT2D eigenvalue weighted by molar-refractivity contribution is 7.90. The third kappa shape index (κ3) is 6.08. The number of methoxy groups -OCH3 is 1. The summed E-state index contributed by atoms with van der Waals surface area (Å²) in [5.41, 5.74) is -1.62. The minimum atomic E-state index is -3.80. The summed E-state index contributed by atoms with van der Waals surface area (Å²) in [6.45, 7) is 6.92. The number of rotatable bonds is 9. The van der Waals surface area contributed by atoms with Crippen molar-refractivity contribution >= 4 is 27.3 Å². The highest BCUT2D eigenvalue weighted by Crippen LogP contribution is 2.32. The van der Waals surface area contributed by atoms with Crippen molar-refractivity contribution in [1.82, 2.24) is 9.80 Å². The number of hydrogen-bond acceptors (Lipinski definition) is 7. The molecule has 3 rings (SSSR count). The quantitative estimate of drug-likeness (QED) is 0.220. The molecule has 0 bridgehead atoms. The molecular formula is C24H32F4N4O4S. The molecule has 0 saturated carbocycles. The molecule has 1 N–H and O–H groups in total. The van der Waals surface area contributed by atoms with Gasteiger partial charge >= 0.3 is 6.43 Å². The molecule has 1 aromatic carbocycles. The van der Waals surface area contributed by atoms with E-state index in [-0.39, 0.29) is 11.9 Å². The van der Waals surface area contributed by atoms with E-state index in [0.717, 1.165) is 25.5 Å². The Morgan fingerprint density at radius 3 is 2.30 bits per heavy atom. The molecule has 0 radical (unpaired) electrons. The van der Waals surface area contributed by atoms with E-state index in [1.165, 1.54) is 6.08 Å². The largest absolute Gasteiger partial charge is 0.480 e. The molecule has 1 aromatic rings. The van der Waals surface area contributed by atoms with Gasteiger partial charge in [0.05, 0.1) is 12.0 Å². The maximum atomic E-state index is 14.5. The van der Waals surface area contributed by atoms with Gasteiger partial charge in [0, 0.05) is 31.9 Å². The molecule has 2 heterocycles. The first-order chi connectivity index (χ1) is 17.4. The second kappa shape index (κ2) is 11.4. The third-order valence-corrected chi connectivity index (χ3v) is 8.09. The smallest absolute Gasteiger partial charge is 0.312 e. The zero-order valence-electron chi connectivity index (χ0n) is 21.0. The number of likely N-dealkylation sites (tertiary alicyclic amines) is 2. The second-order valence-electron chi connectivity index (χ2n) is 9.16. The summed E-state index contributed by atoms with van der Waals surface area (Å²) in [6.07, 6.45) is 1.31. The van der Waals surface area contributed by atoms with Gasteiger partial charge in [-0.15, -0.1) is 0 Å². The molecule has 2 saturated heterocycles. The fourth-order valence-corrected chi connectivity index (χ4v) is 5.54. The first-order valence-electron chi connectivity index (χ1n) is 11.9. The Morgan fingerprint density at radius 2 is 1.84 bits per heavy atom. The van der Waals surface area contributed by atoms with E-state index in [2.05, 4.69) is 16.9 Å². The molecule has 2 atom stereocenters. The number of sulfone groups is 1. The number of benzene rings is 1. The Kier molecular flexibility index (Phi) is 8.89. The van der Waals surface area contributed by atoms with Crippen molar-refractivity contribution in [3.05, 3.63) is 36.4 Å². The lowest BCUT2D eigenvalue weighted by Crippen LogP contribution is -2.54. The molecular weight excluding hydrogens is 516 g/mol. The lowest BCUT2D eigenvalue weighted by molar-refractivity contribution is -0.131. The predicted octanol–water partition coefficient (Wildman–Crippen LogP) is 3.45. The Labute approximate surface area is 214 Å². The van der Waals surface area contributed by atoms with Gasteiger partial charge in [-0.1, -0.05) is 13.5 Å². The van der Waals surface area contributed by atoms with Gasteiger partial charge in [0.15, 0.2) is 21.5 Å². The van der Waals surface area contributed by atoms with E-state index in [9.17, 15) is 30.8 Å². The highest BCUT2D eigenvalue weighted by atomic mass is 32.2. The van der Waals surface area contributed by atoms with E-state index >= 15 is 0 Å². The second-order valence-corrected chi connectivity index (χ2v) is 11.2. The van der Waals surface area contributed by atoms with Gasteiger partial charge in [0.25, 0.3) is 5.90 Å². The molecule has 2 aliphatic rings. The minimum Gasteiger partial charge on any atom is -0.480 e. The number of alkyl halides is 2. The number of piperidine rings is 1. The zero-order chi connectivity index (χ0) is 27.5. The molecule has 206 valence electrons. The van der Waals surface area contributed by atoms with Crippen LogP contribution in [0.4, 0.5) is 23.2 Å². The number of carbonyl (C=O) groups excluding carboxylic acids is 1. The first-order valence-corrected chi connectivity index (χ1v) is 13.8. The third-order valence-electron chi connectivity index (χ3n) is 7.00. The fourth-order valence-electron chi connectivity index (χ4n) is 4.91. The summed E-state index contributed by atoms with van der Waals surface area (Å²) in [5, 5.41) is 2.60. The Morgan fingerprint density at radius 1 is 1.24 bits per heavy atom. The Hall–Kier alpha value is -2.67. The van der Waals surface area contributed by atoms with Crippen LogP contribution in [0.2, 0.25) is 0 Å². The summed E-state index contributed by atoms with van der Waals surface area (Å²) >= 11 is 0. The maximum absolute atomic E-state index is 14.5. The van der Waals surface area contributed by atoms with Crippen LogP contribution in [0.5, 0.6) is 0 Å². The number of amides is 1. The number of nitrogens with one attached hydrogen (secondary N) is 1. The van der Waals surface area contributed by atoms with Crippen LogP contribution in [0.15, 0.2) is 34.7 Å². The summed E-state index contributed by atoms with van der Waals surface area (Å²) in [7, 11) is -2.66. The molecule has 1 unspecified atom stereocenters. The van der Waals surface area contributed by atoms with Crippen LogP contribution in [-0.4, -0.2) is 87.2 Å². The highest BCUT2D eigenvalue weighted by Gasteiger charge is 2.41. The van der Waals surface area contributed by atoms with Crippen molar-refractivity contribution in [2.75, 3.05) is 38.3 Å². The Bertz CT molecular complexity index is 1130. The fraction of sp³-hybridized carbons (Fsp3) is 0.583. The van der Waals surface area contributed by atoms with E-state index in [1.807, 2.05) is 11.8 Å². The normalized spacial score (nSPS) is 21.8. The van der Waals surface area contributed by atoms with Crippen LogP contribution in [0, 0.1) is 11.6 Å². The number of ether oxygens (including phenoxy) is 1. The topological polar surface area (TPSA) is 91.3 Å². The number of hydrogen-bond donors (Lipinski definition) is 1. The number of carbonyl (C=O) groups is 1. The molecule has 0 aliphatic carbocycles. The maximum Gasteiger partial charge on any atom is 0.312 e. The van der Waals surface area contributed by atoms with Gasteiger partial charge in [-0.3, -0.25) is 9.69 Å². The lowest BCUT2D eigenvalue weighted by Gasteiger charge is -2.44. The van der Waals surface area contributed by atoms with Crippen molar-refractivity contribution in [3.63, 3.8) is 0 Å².